The van der Waals surface area contributed by atoms with Crippen LogP contribution in [0.1, 0.15) is 19.8 Å². The van der Waals surface area contributed by atoms with Crippen molar-refractivity contribution in [2.45, 2.75) is 19.8 Å². The Balaban J connectivity index is 1.47. The third kappa shape index (κ3) is 6.11. The molecule has 0 bridgehead atoms. The molecule has 28 heavy (non-hydrogen) atoms. The molecule has 2 fully saturated rings. The first-order valence-corrected chi connectivity index (χ1v) is 10.8. The van der Waals surface area contributed by atoms with E-state index in [1.165, 1.54) is 31.6 Å². The third-order valence-corrected chi connectivity index (χ3v) is 5.85. The minimum absolute atomic E-state index is 0.707. The highest BCUT2D eigenvalue weighted by Gasteiger charge is 2.22. The molecule has 2 aliphatic rings. The molecule has 0 aromatic heterocycles. The standard InChI is InChI=1S/C22H37N5O/c1-3-23-22(24-19-20-9-11-25(12-10-20)17-18-28-2)27-15-13-26(14-16-27)21-7-5-4-6-8-21/h4-8,20H,3,9-19H2,1-2H3,(H,23,24). The number of guanidine groups is 1. The van der Waals surface area contributed by atoms with Gasteiger partial charge in [0.1, 0.15) is 0 Å². The van der Waals surface area contributed by atoms with Crippen LogP contribution in [0.4, 0.5) is 5.69 Å². The van der Waals surface area contributed by atoms with E-state index in [0.717, 1.165) is 58.4 Å². The van der Waals surface area contributed by atoms with Crippen molar-refractivity contribution < 1.29 is 4.74 Å². The molecule has 6 heteroatoms. The topological polar surface area (TPSA) is 43.3 Å². The van der Waals surface area contributed by atoms with Crippen LogP contribution >= 0.6 is 0 Å². The molecule has 1 aromatic rings. The Bertz CT molecular complexity index is 578. The number of nitrogens with one attached hydrogen (secondary N) is 1. The molecule has 2 aliphatic heterocycles. The van der Waals surface area contributed by atoms with Gasteiger partial charge in [-0.25, -0.2) is 0 Å². The summed E-state index contributed by atoms with van der Waals surface area (Å²) in [6, 6.07) is 10.7. The molecule has 1 N–H and O–H groups in total. The first kappa shape index (κ1) is 20.9. The van der Waals surface area contributed by atoms with Crippen LogP contribution in [0.2, 0.25) is 0 Å². The van der Waals surface area contributed by atoms with Crippen molar-refractivity contribution in [3.05, 3.63) is 30.3 Å². The maximum atomic E-state index is 5.20. The monoisotopic (exact) mass is 387 g/mol. The fourth-order valence-electron chi connectivity index (χ4n) is 4.07. The number of ether oxygens (including phenoxy) is 1. The Kier molecular flexibility index (Phi) is 8.42. The molecule has 156 valence electrons. The number of nitrogens with zero attached hydrogens (tertiary/aromatic N) is 4. The van der Waals surface area contributed by atoms with Gasteiger partial charge in [0.25, 0.3) is 0 Å². The van der Waals surface area contributed by atoms with Crippen molar-refractivity contribution in [3.8, 4) is 0 Å². The fraction of sp³-hybridized carbons (Fsp3) is 0.682. The lowest BCUT2D eigenvalue weighted by Crippen LogP contribution is -2.52. The summed E-state index contributed by atoms with van der Waals surface area (Å²) in [5, 5.41) is 3.51. The lowest BCUT2D eigenvalue weighted by atomic mass is 9.97. The molecule has 1 aromatic carbocycles. The Morgan fingerprint density at radius 1 is 1.07 bits per heavy atom. The molecule has 0 spiro atoms. The number of methoxy groups -OCH3 is 1. The third-order valence-electron chi connectivity index (χ3n) is 5.85. The van der Waals surface area contributed by atoms with Gasteiger partial charge < -0.3 is 24.8 Å². The molecule has 0 amide bonds. The lowest BCUT2D eigenvalue weighted by Gasteiger charge is -2.38. The average Bonchev–Trinajstić information content (AvgIpc) is 2.77. The molecule has 0 saturated carbocycles. The van der Waals surface area contributed by atoms with E-state index in [1.807, 2.05) is 0 Å². The number of benzene rings is 1. The zero-order valence-electron chi connectivity index (χ0n) is 17.6. The molecule has 0 unspecified atom stereocenters. The van der Waals surface area contributed by atoms with Gasteiger partial charge in [-0.05, 0) is 50.9 Å². The number of hydrogen-bond donors (Lipinski definition) is 1. The zero-order chi connectivity index (χ0) is 19.6. The van der Waals surface area contributed by atoms with Crippen LogP contribution in [0.15, 0.2) is 35.3 Å². The van der Waals surface area contributed by atoms with Crippen LogP contribution in [0.25, 0.3) is 0 Å². The Morgan fingerprint density at radius 3 is 2.43 bits per heavy atom. The normalized spacial score (nSPS) is 19.9. The van der Waals surface area contributed by atoms with Crippen LogP contribution in [0.3, 0.4) is 0 Å². The molecular formula is C22H37N5O. The van der Waals surface area contributed by atoms with Crippen molar-refractivity contribution in [3.63, 3.8) is 0 Å². The molecular weight excluding hydrogens is 350 g/mol. The second-order valence-corrected chi connectivity index (χ2v) is 7.78. The van der Waals surface area contributed by atoms with Crippen LogP contribution in [0, 0.1) is 5.92 Å². The van der Waals surface area contributed by atoms with E-state index in [9.17, 15) is 0 Å². The maximum absolute atomic E-state index is 5.20. The van der Waals surface area contributed by atoms with Gasteiger partial charge in [0, 0.05) is 58.6 Å². The van der Waals surface area contributed by atoms with Gasteiger partial charge in [0.2, 0.25) is 0 Å². The van der Waals surface area contributed by atoms with Gasteiger partial charge in [0.15, 0.2) is 5.96 Å². The van der Waals surface area contributed by atoms with Gasteiger partial charge in [-0.1, -0.05) is 18.2 Å². The molecule has 0 atom stereocenters. The predicted molar refractivity (Wildman–Crippen MR) is 117 cm³/mol. The fourth-order valence-corrected chi connectivity index (χ4v) is 4.07. The number of likely N-dealkylation sites (tertiary alicyclic amines) is 1. The van der Waals surface area contributed by atoms with Crippen molar-refractivity contribution in [2.75, 3.05) is 77.5 Å². The summed E-state index contributed by atoms with van der Waals surface area (Å²) in [7, 11) is 1.78. The Labute approximate surface area is 170 Å². The van der Waals surface area contributed by atoms with Gasteiger partial charge in [0.05, 0.1) is 6.61 Å². The molecule has 0 radical (unpaired) electrons. The van der Waals surface area contributed by atoms with E-state index < -0.39 is 0 Å². The highest BCUT2D eigenvalue weighted by Crippen LogP contribution is 2.18. The summed E-state index contributed by atoms with van der Waals surface area (Å²) in [5.41, 5.74) is 1.32. The molecule has 2 heterocycles. The summed E-state index contributed by atoms with van der Waals surface area (Å²) in [4.78, 5) is 12.4. The number of para-hydroxylation sites is 1. The van der Waals surface area contributed by atoms with Gasteiger partial charge in [-0.2, -0.15) is 0 Å². The van der Waals surface area contributed by atoms with Crippen LogP contribution in [0.5, 0.6) is 0 Å². The van der Waals surface area contributed by atoms with E-state index in [1.54, 1.807) is 7.11 Å². The Hall–Kier alpha value is -1.79. The Morgan fingerprint density at radius 2 is 1.79 bits per heavy atom. The molecule has 0 aliphatic carbocycles. The van der Waals surface area contributed by atoms with Crippen molar-refractivity contribution in [1.29, 1.82) is 0 Å². The summed E-state index contributed by atoms with van der Waals surface area (Å²) < 4.78 is 5.20. The number of rotatable bonds is 7. The summed E-state index contributed by atoms with van der Waals surface area (Å²) >= 11 is 0. The second kappa shape index (κ2) is 11.3. The van der Waals surface area contributed by atoms with Crippen molar-refractivity contribution in [2.24, 2.45) is 10.9 Å². The van der Waals surface area contributed by atoms with Gasteiger partial charge in [-0.3, -0.25) is 4.99 Å². The molecule has 6 nitrogen and oxygen atoms in total. The summed E-state index contributed by atoms with van der Waals surface area (Å²) in [5.74, 6) is 1.80. The van der Waals surface area contributed by atoms with E-state index in [4.69, 9.17) is 9.73 Å². The largest absolute Gasteiger partial charge is 0.383 e. The number of anilines is 1. The van der Waals surface area contributed by atoms with Crippen LogP contribution in [-0.4, -0.2) is 88.4 Å². The summed E-state index contributed by atoms with van der Waals surface area (Å²) in [6.45, 7) is 12.4. The minimum Gasteiger partial charge on any atom is -0.383 e. The second-order valence-electron chi connectivity index (χ2n) is 7.78. The predicted octanol–water partition coefficient (Wildman–Crippen LogP) is 2.13. The SMILES string of the molecule is CCNC(=NCC1CCN(CCOC)CC1)N1CCN(c2ccccc2)CC1. The number of piperazine rings is 1. The quantitative estimate of drug-likeness (QED) is 0.574. The van der Waals surface area contributed by atoms with E-state index in [0.29, 0.717) is 5.92 Å². The van der Waals surface area contributed by atoms with Crippen LogP contribution in [-0.2, 0) is 4.74 Å². The molecule has 2 saturated heterocycles. The maximum Gasteiger partial charge on any atom is 0.194 e. The number of piperidine rings is 1. The van der Waals surface area contributed by atoms with Crippen molar-refractivity contribution >= 4 is 11.6 Å². The van der Waals surface area contributed by atoms with Crippen molar-refractivity contribution in [1.82, 2.24) is 15.1 Å². The number of aliphatic imine (C=N–C) groups is 1. The highest BCUT2D eigenvalue weighted by molar-refractivity contribution is 5.80. The first-order valence-electron chi connectivity index (χ1n) is 10.8. The zero-order valence-corrected chi connectivity index (χ0v) is 17.6. The van der Waals surface area contributed by atoms with E-state index in [-0.39, 0.29) is 0 Å². The van der Waals surface area contributed by atoms with Gasteiger partial charge in [-0.15, -0.1) is 0 Å². The first-order chi connectivity index (χ1) is 13.8. The summed E-state index contributed by atoms with van der Waals surface area (Å²) in [6.07, 6.45) is 2.49. The van der Waals surface area contributed by atoms with E-state index in [2.05, 4.69) is 57.3 Å². The van der Waals surface area contributed by atoms with Gasteiger partial charge >= 0.3 is 0 Å². The minimum atomic E-state index is 0.707. The lowest BCUT2D eigenvalue weighted by molar-refractivity contribution is 0.121. The highest BCUT2D eigenvalue weighted by atomic mass is 16.5. The average molecular weight is 388 g/mol. The van der Waals surface area contributed by atoms with Crippen LogP contribution < -0.4 is 10.2 Å². The van der Waals surface area contributed by atoms with E-state index >= 15 is 0 Å². The number of hydrogen-bond acceptors (Lipinski definition) is 4. The molecule has 3 rings (SSSR count). The smallest absolute Gasteiger partial charge is 0.194 e.